The Bertz CT molecular complexity index is 415. The zero-order valence-corrected chi connectivity index (χ0v) is 9.87. The van der Waals surface area contributed by atoms with Crippen molar-refractivity contribution in [2.24, 2.45) is 0 Å². The topological polar surface area (TPSA) is 68.1 Å². The van der Waals surface area contributed by atoms with Gasteiger partial charge in [-0.15, -0.1) is 5.10 Å². The molecule has 1 aliphatic heterocycles. The van der Waals surface area contributed by atoms with Gasteiger partial charge in [0, 0.05) is 13.0 Å². The largest absolute Gasteiger partial charge is 0.338 e. The first-order chi connectivity index (χ1) is 8.24. The van der Waals surface area contributed by atoms with Gasteiger partial charge in [-0.3, -0.25) is 9.59 Å². The highest BCUT2D eigenvalue weighted by Crippen LogP contribution is 2.19. The van der Waals surface area contributed by atoms with Crippen LogP contribution in [0.3, 0.4) is 0 Å². The highest BCUT2D eigenvalue weighted by Gasteiger charge is 2.28. The van der Waals surface area contributed by atoms with Crippen LogP contribution < -0.4 is 0 Å². The van der Waals surface area contributed by atoms with Crippen LogP contribution in [0.5, 0.6) is 0 Å². The summed E-state index contributed by atoms with van der Waals surface area (Å²) >= 11 is 0. The lowest BCUT2D eigenvalue weighted by Gasteiger charge is -2.23. The summed E-state index contributed by atoms with van der Waals surface area (Å²) in [6.07, 6.45) is 4.84. The van der Waals surface area contributed by atoms with Crippen molar-refractivity contribution < 1.29 is 9.59 Å². The Morgan fingerprint density at radius 1 is 1.65 bits per heavy atom. The van der Waals surface area contributed by atoms with Crippen LogP contribution in [-0.2, 0) is 11.3 Å². The van der Waals surface area contributed by atoms with Gasteiger partial charge < -0.3 is 4.90 Å². The molecule has 0 aromatic carbocycles. The van der Waals surface area contributed by atoms with Gasteiger partial charge in [0.2, 0.25) is 5.91 Å². The van der Waals surface area contributed by atoms with E-state index in [0.29, 0.717) is 24.9 Å². The third-order valence-corrected chi connectivity index (χ3v) is 3.07. The molecule has 1 atom stereocenters. The molecule has 17 heavy (non-hydrogen) atoms. The first-order valence-corrected chi connectivity index (χ1v) is 5.89. The maximum Gasteiger partial charge on any atom is 0.222 e. The van der Waals surface area contributed by atoms with Crippen molar-refractivity contribution in [3.05, 3.63) is 11.9 Å². The molecule has 0 unspecified atom stereocenters. The Hall–Kier alpha value is -1.72. The molecule has 0 bridgehead atoms. The second-order valence-electron chi connectivity index (χ2n) is 4.22. The van der Waals surface area contributed by atoms with Crippen LogP contribution in [0.25, 0.3) is 0 Å². The van der Waals surface area contributed by atoms with Crippen molar-refractivity contribution >= 4 is 12.2 Å². The number of hydrogen-bond acceptors (Lipinski definition) is 4. The fraction of sp³-hybridized carbons (Fsp3) is 0.636. The minimum Gasteiger partial charge on any atom is -0.338 e. The quantitative estimate of drug-likeness (QED) is 0.713. The summed E-state index contributed by atoms with van der Waals surface area (Å²) in [6.45, 7) is 3.32. The lowest BCUT2D eigenvalue weighted by Crippen LogP contribution is -2.37. The number of aldehydes is 1. The third kappa shape index (κ3) is 2.51. The Labute approximate surface area is 99.6 Å². The van der Waals surface area contributed by atoms with Crippen LogP contribution in [0.2, 0.25) is 0 Å². The van der Waals surface area contributed by atoms with Gasteiger partial charge in [-0.25, -0.2) is 4.68 Å². The highest BCUT2D eigenvalue weighted by atomic mass is 16.2. The molecule has 1 aromatic heterocycles. The average Bonchev–Trinajstić information content (AvgIpc) is 2.97. The van der Waals surface area contributed by atoms with E-state index in [2.05, 4.69) is 10.3 Å². The SMILES string of the molecule is CCC(=O)N1CCC[C@H]1Cn1cc(C=O)nn1. The smallest absolute Gasteiger partial charge is 0.222 e. The number of hydrogen-bond donors (Lipinski definition) is 0. The molecule has 6 heteroatoms. The Morgan fingerprint density at radius 3 is 3.12 bits per heavy atom. The normalized spacial score (nSPS) is 19.6. The van der Waals surface area contributed by atoms with Crippen molar-refractivity contribution in [2.75, 3.05) is 6.54 Å². The van der Waals surface area contributed by atoms with E-state index < -0.39 is 0 Å². The maximum atomic E-state index is 11.7. The van der Waals surface area contributed by atoms with Crippen LogP contribution in [0, 0.1) is 0 Å². The minimum absolute atomic E-state index is 0.184. The first-order valence-electron chi connectivity index (χ1n) is 5.89. The van der Waals surface area contributed by atoms with Crippen molar-refractivity contribution in [3.63, 3.8) is 0 Å². The second kappa shape index (κ2) is 5.07. The molecule has 1 aliphatic rings. The molecule has 0 spiro atoms. The molecular weight excluding hydrogens is 220 g/mol. The van der Waals surface area contributed by atoms with Crippen molar-refractivity contribution in [1.82, 2.24) is 19.9 Å². The molecule has 0 radical (unpaired) electrons. The van der Waals surface area contributed by atoms with E-state index in [1.165, 1.54) is 0 Å². The van der Waals surface area contributed by atoms with Crippen molar-refractivity contribution in [3.8, 4) is 0 Å². The van der Waals surface area contributed by atoms with Gasteiger partial charge in [0.25, 0.3) is 0 Å². The molecule has 6 nitrogen and oxygen atoms in total. The summed E-state index contributed by atoms with van der Waals surface area (Å²) in [5.74, 6) is 0.184. The summed E-state index contributed by atoms with van der Waals surface area (Å²) in [5, 5.41) is 7.58. The molecule has 1 aromatic rings. The molecule has 2 rings (SSSR count). The van der Waals surface area contributed by atoms with E-state index in [9.17, 15) is 9.59 Å². The molecule has 92 valence electrons. The van der Waals surface area contributed by atoms with E-state index in [1.807, 2.05) is 11.8 Å². The monoisotopic (exact) mass is 236 g/mol. The molecular formula is C11H16N4O2. The fourth-order valence-electron chi connectivity index (χ4n) is 2.23. The molecule has 0 saturated carbocycles. The predicted octanol–water partition coefficient (Wildman–Crippen LogP) is 0.492. The van der Waals surface area contributed by atoms with E-state index in [0.717, 1.165) is 19.4 Å². The van der Waals surface area contributed by atoms with Gasteiger partial charge in [-0.05, 0) is 12.8 Å². The third-order valence-electron chi connectivity index (χ3n) is 3.07. The number of rotatable bonds is 4. The number of aromatic nitrogens is 3. The standard InChI is InChI=1S/C11H16N4O2/c1-2-11(17)15-5-3-4-10(15)7-14-6-9(8-16)12-13-14/h6,8,10H,2-5,7H2,1H3/t10-/m0/s1. The number of carbonyl (C=O) groups is 2. The van der Waals surface area contributed by atoms with Gasteiger partial charge >= 0.3 is 0 Å². The summed E-state index contributed by atoms with van der Waals surface area (Å²) < 4.78 is 1.63. The number of amides is 1. The number of likely N-dealkylation sites (tertiary alicyclic amines) is 1. The van der Waals surface area contributed by atoms with E-state index >= 15 is 0 Å². The molecule has 1 saturated heterocycles. The molecule has 2 heterocycles. The minimum atomic E-state index is 0.184. The average molecular weight is 236 g/mol. The maximum absolute atomic E-state index is 11.7. The Kier molecular flexibility index (Phi) is 3.51. The molecule has 1 amide bonds. The number of carbonyl (C=O) groups excluding carboxylic acids is 2. The van der Waals surface area contributed by atoms with Crippen LogP contribution in [0.4, 0.5) is 0 Å². The van der Waals surface area contributed by atoms with Crippen LogP contribution in [-0.4, -0.2) is 44.7 Å². The Balaban J connectivity index is 2.02. The lowest BCUT2D eigenvalue weighted by atomic mass is 10.2. The van der Waals surface area contributed by atoms with E-state index in [-0.39, 0.29) is 11.9 Å². The van der Waals surface area contributed by atoms with Gasteiger partial charge in [-0.2, -0.15) is 0 Å². The molecule has 0 aliphatic carbocycles. The van der Waals surface area contributed by atoms with Gasteiger partial charge in [0.05, 0.1) is 18.8 Å². The van der Waals surface area contributed by atoms with Gasteiger partial charge in [0.15, 0.2) is 6.29 Å². The van der Waals surface area contributed by atoms with E-state index in [1.54, 1.807) is 10.9 Å². The van der Waals surface area contributed by atoms with E-state index in [4.69, 9.17) is 0 Å². The van der Waals surface area contributed by atoms with Crippen LogP contribution in [0.1, 0.15) is 36.7 Å². The Morgan fingerprint density at radius 2 is 2.47 bits per heavy atom. The van der Waals surface area contributed by atoms with Gasteiger partial charge in [-0.1, -0.05) is 12.1 Å². The summed E-state index contributed by atoms with van der Waals surface area (Å²) in [6, 6.07) is 0.184. The van der Waals surface area contributed by atoms with Crippen molar-refractivity contribution in [2.45, 2.75) is 38.8 Å². The summed E-state index contributed by atoms with van der Waals surface area (Å²) in [7, 11) is 0. The van der Waals surface area contributed by atoms with Crippen LogP contribution >= 0.6 is 0 Å². The summed E-state index contributed by atoms with van der Waals surface area (Å²) in [4.78, 5) is 24.1. The van der Waals surface area contributed by atoms with Gasteiger partial charge in [0.1, 0.15) is 5.69 Å². The lowest BCUT2D eigenvalue weighted by molar-refractivity contribution is -0.131. The zero-order chi connectivity index (χ0) is 12.3. The summed E-state index contributed by atoms with van der Waals surface area (Å²) in [5.41, 5.74) is 0.330. The van der Waals surface area contributed by atoms with Crippen molar-refractivity contribution in [1.29, 1.82) is 0 Å². The fourth-order valence-corrected chi connectivity index (χ4v) is 2.23. The zero-order valence-electron chi connectivity index (χ0n) is 9.87. The first kappa shape index (κ1) is 11.8. The second-order valence-corrected chi connectivity index (χ2v) is 4.22. The predicted molar refractivity (Wildman–Crippen MR) is 60.4 cm³/mol. The molecule has 1 fully saturated rings. The number of nitrogens with zero attached hydrogens (tertiary/aromatic N) is 4. The van der Waals surface area contributed by atoms with Crippen LogP contribution in [0.15, 0.2) is 6.20 Å². The highest BCUT2D eigenvalue weighted by molar-refractivity contribution is 5.76. The molecule has 0 N–H and O–H groups in total.